The molecular weight excluding hydrogens is 634 g/mol. The van der Waals surface area contributed by atoms with E-state index in [1.54, 1.807) is 0 Å². The number of imide groups is 1. The third-order valence-corrected chi connectivity index (χ3v) is 10.1. The molecule has 0 radical (unpaired) electrons. The van der Waals surface area contributed by atoms with Gasteiger partial charge in [0.05, 0.1) is 11.8 Å². The van der Waals surface area contributed by atoms with E-state index in [1.165, 1.54) is 4.90 Å². The number of amides is 3. The molecule has 194 valence electrons. The number of benzene rings is 3. The first-order valence-corrected chi connectivity index (χ1v) is 14.6. The molecule has 3 amide bonds. The molecule has 2 atom stereocenters. The Balaban J connectivity index is 1.16. The van der Waals surface area contributed by atoms with Crippen LogP contribution in [0.5, 0.6) is 0 Å². The van der Waals surface area contributed by atoms with Gasteiger partial charge in [0, 0.05) is 22.2 Å². The molecule has 0 aromatic heterocycles. The number of carbonyl (C=O) groups excluding carboxylic acids is 3. The zero-order valence-electron chi connectivity index (χ0n) is 20.4. The Kier molecular flexibility index (Phi) is 6.56. The predicted molar refractivity (Wildman–Crippen MR) is 156 cm³/mol. The van der Waals surface area contributed by atoms with Crippen molar-refractivity contribution in [3.05, 3.63) is 98.6 Å². The summed E-state index contributed by atoms with van der Waals surface area (Å²) >= 11 is 17.1. The predicted octanol–water partition coefficient (Wildman–Crippen LogP) is 6.38. The van der Waals surface area contributed by atoms with Crippen molar-refractivity contribution in [3.8, 4) is 0 Å². The average Bonchev–Trinajstić information content (AvgIpc) is 3.19. The Morgan fingerprint density at radius 1 is 0.763 bits per heavy atom. The highest BCUT2D eigenvalue weighted by molar-refractivity contribution is 14.1. The molecule has 8 heteroatoms. The Morgan fingerprint density at radius 3 is 1.71 bits per heavy atom. The van der Waals surface area contributed by atoms with Crippen LogP contribution in [0.2, 0.25) is 0 Å². The van der Waals surface area contributed by atoms with E-state index in [1.807, 2.05) is 72.8 Å². The second kappa shape index (κ2) is 9.65. The van der Waals surface area contributed by atoms with Crippen molar-refractivity contribution in [3.63, 3.8) is 0 Å². The summed E-state index contributed by atoms with van der Waals surface area (Å²) in [5, 5.41) is 2.90. The van der Waals surface area contributed by atoms with Gasteiger partial charge in [-0.25, -0.2) is 0 Å². The van der Waals surface area contributed by atoms with Crippen LogP contribution in [-0.4, -0.2) is 29.2 Å². The molecule has 3 aliphatic carbocycles. The van der Waals surface area contributed by atoms with Crippen LogP contribution >= 0.6 is 45.8 Å². The Labute approximate surface area is 245 Å². The number of unbranched alkanes of at least 4 members (excludes halogenated alkanes) is 2. The summed E-state index contributed by atoms with van der Waals surface area (Å²) in [6, 6.07) is 22.9. The number of rotatable bonds is 7. The number of nitrogens with zero attached hydrogens (tertiary/aromatic N) is 1. The summed E-state index contributed by atoms with van der Waals surface area (Å²) in [6.07, 6.45) is 2.36. The van der Waals surface area contributed by atoms with Crippen molar-refractivity contribution >= 4 is 69.2 Å². The minimum atomic E-state index is -1.15. The molecule has 5 nitrogen and oxygen atoms in total. The number of nitrogens with one attached hydrogen (secondary N) is 1. The highest BCUT2D eigenvalue weighted by Crippen LogP contribution is 2.69. The molecule has 1 saturated heterocycles. The number of alkyl halides is 2. The molecule has 2 bridgehead atoms. The highest BCUT2D eigenvalue weighted by Gasteiger charge is 2.72. The fraction of sp³-hybridized carbons (Fsp3) is 0.300. The molecule has 3 aromatic rings. The summed E-state index contributed by atoms with van der Waals surface area (Å²) in [4.78, 5) is 39.0. The van der Waals surface area contributed by atoms with Gasteiger partial charge < -0.3 is 5.32 Å². The minimum absolute atomic E-state index is 0.0502. The second-order valence-electron chi connectivity index (χ2n) is 10.2. The zero-order valence-corrected chi connectivity index (χ0v) is 24.1. The van der Waals surface area contributed by atoms with Gasteiger partial charge in [-0.05, 0) is 82.0 Å². The lowest BCUT2D eigenvalue weighted by atomic mass is 9.54. The smallest absolute Gasteiger partial charge is 0.235 e. The third-order valence-electron chi connectivity index (χ3n) is 8.09. The van der Waals surface area contributed by atoms with Crippen molar-refractivity contribution < 1.29 is 14.4 Å². The van der Waals surface area contributed by atoms with Gasteiger partial charge in [0.2, 0.25) is 17.7 Å². The first-order valence-electron chi connectivity index (χ1n) is 12.8. The fourth-order valence-corrected chi connectivity index (χ4v) is 7.89. The van der Waals surface area contributed by atoms with E-state index >= 15 is 0 Å². The minimum Gasteiger partial charge on any atom is -0.326 e. The highest BCUT2D eigenvalue weighted by atomic mass is 127. The maximum Gasteiger partial charge on any atom is 0.235 e. The van der Waals surface area contributed by atoms with E-state index < -0.39 is 21.6 Å². The van der Waals surface area contributed by atoms with Gasteiger partial charge >= 0.3 is 0 Å². The van der Waals surface area contributed by atoms with Gasteiger partial charge in [-0.3, -0.25) is 19.3 Å². The van der Waals surface area contributed by atoms with Crippen LogP contribution in [0, 0.1) is 15.4 Å². The largest absolute Gasteiger partial charge is 0.326 e. The van der Waals surface area contributed by atoms with Crippen molar-refractivity contribution in [2.45, 2.75) is 35.4 Å². The van der Waals surface area contributed by atoms with E-state index in [0.29, 0.717) is 25.7 Å². The monoisotopic (exact) mass is 658 g/mol. The Hall–Kier alpha value is -2.42. The normalized spacial score (nSPS) is 26.7. The van der Waals surface area contributed by atoms with E-state index in [-0.39, 0.29) is 24.3 Å². The van der Waals surface area contributed by atoms with Gasteiger partial charge in [0.1, 0.15) is 9.75 Å². The first kappa shape index (κ1) is 25.8. The molecule has 1 N–H and O–H groups in total. The molecule has 3 aromatic carbocycles. The van der Waals surface area contributed by atoms with Gasteiger partial charge in [0.25, 0.3) is 0 Å². The van der Waals surface area contributed by atoms with E-state index in [0.717, 1.165) is 31.5 Å². The Morgan fingerprint density at radius 2 is 1.24 bits per heavy atom. The number of anilines is 1. The van der Waals surface area contributed by atoms with Crippen molar-refractivity contribution in [1.82, 2.24) is 4.90 Å². The molecule has 38 heavy (non-hydrogen) atoms. The van der Waals surface area contributed by atoms with Crippen LogP contribution in [0.25, 0.3) is 0 Å². The standard InChI is InChI=1S/C30H25Cl2IN2O3/c31-29-20-8-3-4-9-21(20)30(32,23-11-6-5-10-22(23)29)26-25(29)27(37)35(28(26)38)17-7-1-2-12-24(36)34-19-15-13-18(33)14-16-19/h3-6,8-11,13-16,25-26H,1-2,7,12,17H2,(H,34,36)/t25-,26-,29?,30?/m1/s1. The van der Waals surface area contributed by atoms with Crippen molar-refractivity contribution in [2.75, 3.05) is 11.9 Å². The van der Waals surface area contributed by atoms with Gasteiger partial charge in [-0.1, -0.05) is 55.0 Å². The molecule has 1 fully saturated rings. The van der Waals surface area contributed by atoms with Crippen LogP contribution in [0.3, 0.4) is 0 Å². The number of halogens is 3. The van der Waals surface area contributed by atoms with Crippen LogP contribution in [0.1, 0.15) is 47.9 Å². The average molecular weight is 659 g/mol. The molecule has 0 spiro atoms. The van der Waals surface area contributed by atoms with E-state index in [9.17, 15) is 14.4 Å². The summed E-state index contributed by atoms with van der Waals surface area (Å²) in [7, 11) is 0. The fourth-order valence-electron chi connectivity index (χ4n) is 6.43. The van der Waals surface area contributed by atoms with Crippen molar-refractivity contribution in [2.24, 2.45) is 11.8 Å². The molecule has 1 aliphatic heterocycles. The Bertz CT molecular complexity index is 1340. The summed E-state index contributed by atoms with van der Waals surface area (Å²) in [5.41, 5.74) is 3.99. The summed E-state index contributed by atoms with van der Waals surface area (Å²) in [6.45, 7) is 0.288. The lowest BCUT2D eigenvalue weighted by molar-refractivity contribution is -0.140. The number of likely N-dealkylation sites (tertiary alicyclic amines) is 1. The maximum atomic E-state index is 13.8. The van der Waals surface area contributed by atoms with Crippen molar-refractivity contribution in [1.29, 1.82) is 0 Å². The molecule has 0 unspecified atom stereocenters. The van der Waals surface area contributed by atoms with Gasteiger partial charge in [-0.15, -0.1) is 23.2 Å². The number of hydrogen-bond acceptors (Lipinski definition) is 3. The first-order chi connectivity index (χ1) is 18.3. The molecule has 7 rings (SSSR count). The van der Waals surface area contributed by atoms with Gasteiger partial charge in [0.15, 0.2) is 0 Å². The maximum absolute atomic E-state index is 13.8. The van der Waals surface area contributed by atoms with Crippen LogP contribution in [-0.2, 0) is 24.1 Å². The van der Waals surface area contributed by atoms with E-state index in [2.05, 4.69) is 27.9 Å². The lowest BCUT2D eigenvalue weighted by Crippen LogP contribution is -2.57. The molecule has 1 heterocycles. The topological polar surface area (TPSA) is 66.5 Å². The van der Waals surface area contributed by atoms with Gasteiger partial charge in [-0.2, -0.15) is 0 Å². The van der Waals surface area contributed by atoms with Crippen LogP contribution in [0.15, 0.2) is 72.8 Å². The number of hydrogen-bond donors (Lipinski definition) is 1. The SMILES string of the molecule is O=C(CCCCCN1C(=O)[C@H]2[C@H](C1=O)C1(Cl)c3ccccc3C2(Cl)c2ccccc21)Nc1ccc(I)cc1. The molecular formula is C30H25Cl2IN2O3. The summed E-state index contributed by atoms with van der Waals surface area (Å²) < 4.78 is 1.10. The molecule has 0 saturated carbocycles. The van der Waals surface area contributed by atoms with Crippen LogP contribution in [0.4, 0.5) is 5.69 Å². The zero-order chi connectivity index (χ0) is 26.7. The lowest BCUT2D eigenvalue weighted by Gasteiger charge is -2.54. The van der Waals surface area contributed by atoms with E-state index in [4.69, 9.17) is 23.2 Å². The van der Waals surface area contributed by atoms with Crippen LogP contribution < -0.4 is 5.32 Å². The summed E-state index contributed by atoms with van der Waals surface area (Å²) in [5.74, 6) is -2.11. The quantitative estimate of drug-likeness (QED) is 0.139. The number of carbonyl (C=O) groups is 3. The molecule has 4 aliphatic rings. The third kappa shape index (κ3) is 3.74. The second-order valence-corrected chi connectivity index (χ2v) is 12.6.